The Morgan fingerprint density at radius 1 is 1.57 bits per heavy atom. The van der Waals surface area contributed by atoms with Crippen molar-refractivity contribution in [1.29, 1.82) is 0 Å². The zero-order valence-electron chi connectivity index (χ0n) is 8.09. The second-order valence-electron chi connectivity index (χ2n) is 2.88. The Morgan fingerprint density at radius 2 is 2.43 bits per heavy atom. The molecule has 4 heteroatoms. The number of hydrogen-bond acceptors (Lipinski definition) is 2. The molecule has 1 heterocycles. The predicted octanol–water partition coefficient (Wildman–Crippen LogP) is 3.10. The predicted molar refractivity (Wildman–Crippen MR) is 56.6 cm³/mol. The van der Waals surface area contributed by atoms with Crippen LogP contribution in [0.2, 0.25) is 0 Å². The Labute approximate surface area is 82.9 Å². The lowest BCUT2D eigenvalue weighted by atomic mass is 10.2. The summed E-state index contributed by atoms with van der Waals surface area (Å²) in [6.07, 6.45) is 6.53. The van der Waals surface area contributed by atoms with Gasteiger partial charge in [-0.2, -0.15) is 0 Å². The first-order chi connectivity index (χ1) is 6.83. The van der Waals surface area contributed by atoms with E-state index in [-0.39, 0.29) is 0 Å². The van der Waals surface area contributed by atoms with E-state index >= 15 is 0 Å². The molecule has 72 valence electrons. The van der Waals surface area contributed by atoms with Gasteiger partial charge in [-0.25, -0.2) is 0 Å². The lowest BCUT2D eigenvalue weighted by Crippen LogP contribution is -1.80. The molecule has 14 heavy (non-hydrogen) atoms. The van der Waals surface area contributed by atoms with Gasteiger partial charge in [0.2, 0.25) is 0 Å². The SMILES string of the molecule is Cc1ccc(C=CCCN=[N+]=[N-])cn1. The maximum Gasteiger partial charge on any atom is 0.0373 e. The smallest absolute Gasteiger partial charge is 0.0373 e. The number of hydrogen-bond donors (Lipinski definition) is 0. The Morgan fingerprint density at radius 3 is 3.07 bits per heavy atom. The highest BCUT2D eigenvalue weighted by Gasteiger charge is 1.86. The fourth-order valence-corrected chi connectivity index (χ4v) is 0.974. The monoisotopic (exact) mass is 188 g/mol. The lowest BCUT2D eigenvalue weighted by molar-refractivity contribution is 0.995. The van der Waals surface area contributed by atoms with Crippen molar-refractivity contribution in [3.05, 3.63) is 46.1 Å². The molecule has 0 atom stereocenters. The minimum Gasteiger partial charge on any atom is -0.261 e. The van der Waals surface area contributed by atoms with Crippen LogP contribution in [0.1, 0.15) is 17.7 Å². The third-order valence-corrected chi connectivity index (χ3v) is 1.70. The zero-order chi connectivity index (χ0) is 10.2. The first kappa shape index (κ1) is 10.3. The molecule has 1 aromatic heterocycles. The van der Waals surface area contributed by atoms with E-state index in [2.05, 4.69) is 15.0 Å². The van der Waals surface area contributed by atoms with Gasteiger partial charge < -0.3 is 0 Å². The normalized spacial score (nSPS) is 10.1. The first-order valence-electron chi connectivity index (χ1n) is 4.43. The Kier molecular flexibility index (Phi) is 4.24. The standard InChI is InChI=1S/C10H12N4/c1-9-5-6-10(8-12-9)4-2-3-7-13-14-11/h2,4-6,8H,3,7H2,1H3. The van der Waals surface area contributed by atoms with E-state index in [1.165, 1.54) is 0 Å². The molecule has 0 saturated carbocycles. The van der Waals surface area contributed by atoms with E-state index in [1.54, 1.807) is 0 Å². The molecule has 0 fully saturated rings. The molecular weight excluding hydrogens is 176 g/mol. The molecule has 0 aliphatic carbocycles. The highest BCUT2D eigenvalue weighted by molar-refractivity contribution is 5.47. The number of azide groups is 1. The maximum atomic E-state index is 8.04. The minimum absolute atomic E-state index is 0.506. The molecule has 0 N–H and O–H groups in total. The summed E-state index contributed by atoms with van der Waals surface area (Å²) in [6, 6.07) is 3.97. The van der Waals surface area contributed by atoms with Crippen LogP contribution in [0.15, 0.2) is 29.5 Å². The van der Waals surface area contributed by atoms with Crippen molar-refractivity contribution in [3.63, 3.8) is 0 Å². The number of rotatable bonds is 4. The van der Waals surface area contributed by atoms with Crippen molar-refractivity contribution in [2.24, 2.45) is 5.11 Å². The summed E-state index contributed by atoms with van der Waals surface area (Å²) in [5.74, 6) is 0. The van der Waals surface area contributed by atoms with Crippen LogP contribution < -0.4 is 0 Å². The largest absolute Gasteiger partial charge is 0.261 e. The first-order valence-corrected chi connectivity index (χ1v) is 4.43. The molecule has 0 bridgehead atoms. The van der Waals surface area contributed by atoms with Crippen LogP contribution in [0.3, 0.4) is 0 Å². The summed E-state index contributed by atoms with van der Waals surface area (Å²) in [5, 5.41) is 3.43. The van der Waals surface area contributed by atoms with Gasteiger partial charge in [0.15, 0.2) is 0 Å². The van der Waals surface area contributed by atoms with Gasteiger partial charge in [0.25, 0.3) is 0 Å². The Bertz CT molecular complexity index is 347. The van der Waals surface area contributed by atoms with Crippen LogP contribution in [-0.2, 0) is 0 Å². The Hall–Kier alpha value is -1.80. The number of aryl methyl sites for hydroxylation is 1. The summed E-state index contributed by atoms with van der Waals surface area (Å²) in [7, 11) is 0. The van der Waals surface area contributed by atoms with E-state index in [0.717, 1.165) is 17.7 Å². The highest BCUT2D eigenvalue weighted by atomic mass is 15.1. The molecule has 0 aromatic carbocycles. The highest BCUT2D eigenvalue weighted by Crippen LogP contribution is 2.02. The molecule has 1 rings (SSSR count). The molecule has 0 spiro atoms. The molecule has 0 aliphatic heterocycles. The summed E-state index contributed by atoms with van der Waals surface area (Å²) < 4.78 is 0. The molecule has 1 aromatic rings. The van der Waals surface area contributed by atoms with E-state index in [4.69, 9.17) is 5.53 Å². The van der Waals surface area contributed by atoms with Gasteiger partial charge in [-0.1, -0.05) is 23.3 Å². The maximum absolute atomic E-state index is 8.04. The molecule has 0 aliphatic rings. The van der Waals surface area contributed by atoms with Crippen molar-refractivity contribution in [1.82, 2.24) is 4.98 Å². The summed E-state index contributed by atoms with van der Waals surface area (Å²) in [5.41, 5.74) is 10.1. The van der Waals surface area contributed by atoms with Gasteiger partial charge in [0, 0.05) is 23.3 Å². The molecule has 0 radical (unpaired) electrons. The molecule has 0 amide bonds. The quantitative estimate of drug-likeness (QED) is 0.310. The molecule has 4 nitrogen and oxygen atoms in total. The van der Waals surface area contributed by atoms with Crippen molar-refractivity contribution in [2.45, 2.75) is 13.3 Å². The average Bonchev–Trinajstić information content (AvgIpc) is 2.21. The van der Waals surface area contributed by atoms with Crippen LogP contribution in [0.5, 0.6) is 0 Å². The van der Waals surface area contributed by atoms with Gasteiger partial charge >= 0.3 is 0 Å². The van der Waals surface area contributed by atoms with Crippen molar-refractivity contribution in [3.8, 4) is 0 Å². The fourth-order valence-electron chi connectivity index (χ4n) is 0.974. The number of nitrogens with zero attached hydrogens (tertiary/aromatic N) is 4. The van der Waals surface area contributed by atoms with Gasteiger partial charge in [-0.15, -0.1) is 0 Å². The van der Waals surface area contributed by atoms with Crippen LogP contribution in [0.4, 0.5) is 0 Å². The lowest BCUT2D eigenvalue weighted by Gasteiger charge is -1.93. The average molecular weight is 188 g/mol. The van der Waals surface area contributed by atoms with Crippen molar-refractivity contribution >= 4 is 6.08 Å². The van der Waals surface area contributed by atoms with E-state index in [1.807, 2.05) is 37.4 Å². The third-order valence-electron chi connectivity index (χ3n) is 1.70. The summed E-state index contributed by atoms with van der Waals surface area (Å²) >= 11 is 0. The molecule has 0 saturated heterocycles. The fraction of sp³-hybridized carbons (Fsp3) is 0.300. The van der Waals surface area contributed by atoms with Crippen LogP contribution in [0, 0.1) is 6.92 Å². The molecule has 0 unspecified atom stereocenters. The van der Waals surface area contributed by atoms with Crippen LogP contribution in [0.25, 0.3) is 16.5 Å². The minimum atomic E-state index is 0.506. The van der Waals surface area contributed by atoms with Gasteiger partial charge in [-0.3, -0.25) is 4.98 Å². The molecular formula is C10H12N4. The van der Waals surface area contributed by atoms with Gasteiger partial charge in [0.1, 0.15) is 0 Å². The summed E-state index contributed by atoms with van der Waals surface area (Å²) in [4.78, 5) is 6.83. The zero-order valence-corrected chi connectivity index (χ0v) is 8.09. The second-order valence-corrected chi connectivity index (χ2v) is 2.88. The number of aromatic nitrogens is 1. The number of pyridine rings is 1. The van der Waals surface area contributed by atoms with E-state index in [0.29, 0.717) is 6.54 Å². The van der Waals surface area contributed by atoms with E-state index in [9.17, 15) is 0 Å². The van der Waals surface area contributed by atoms with Gasteiger partial charge in [0.05, 0.1) is 0 Å². The van der Waals surface area contributed by atoms with Gasteiger partial charge in [-0.05, 0) is 30.5 Å². The topological polar surface area (TPSA) is 61.7 Å². The van der Waals surface area contributed by atoms with Crippen molar-refractivity contribution in [2.75, 3.05) is 6.54 Å². The van der Waals surface area contributed by atoms with E-state index < -0.39 is 0 Å². The van der Waals surface area contributed by atoms with Crippen LogP contribution in [-0.4, -0.2) is 11.5 Å². The third kappa shape index (κ3) is 3.74. The Balaban J connectivity index is 2.43. The van der Waals surface area contributed by atoms with Crippen LogP contribution >= 0.6 is 0 Å². The van der Waals surface area contributed by atoms with Crippen molar-refractivity contribution < 1.29 is 0 Å². The second kappa shape index (κ2) is 5.78. The summed E-state index contributed by atoms with van der Waals surface area (Å²) in [6.45, 7) is 2.46.